The van der Waals surface area contributed by atoms with Crippen molar-refractivity contribution in [3.05, 3.63) is 29.8 Å². The van der Waals surface area contributed by atoms with E-state index >= 15 is 0 Å². The lowest BCUT2D eigenvalue weighted by atomic mass is 9.91. The lowest BCUT2D eigenvalue weighted by Crippen LogP contribution is -2.50. The molecule has 0 radical (unpaired) electrons. The third-order valence-electron chi connectivity index (χ3n) is 4.78. The van der Waals surface area contributed by atoms with Gasteiger partial charge in [-0.05, 0) is 31.2 Å². The summed E-state index contributed by atoms with van der Waals surface area (Å²) in [6, 6.07) is 7.47. The van der Waals surface area contributed by atoms with Crippen LogP contribution in [0.15, 0.2) is 24.3 Å². The summed E-state index contributed by atoms with van der Waals surface area (Å²) in [5, 5.41) is 12.3. The second-order valence-electron chi connectivity index (χ2n) is 6.81. The number of carbonyl (C=O) groups excluding carboxylic acids is 1. The lowest BCUT2D eigenvalue weighted by molar-refractivity contribution is -0.143. The Morgan fingerprint density at radius 1 is 1.29 bits per heavy atom. The fraction of sp³-hybridized carbons (Fsp3) is 0.556. The zero-order valence-electron chi connectivity index (χ0n) is 13.9. The molecule has 1 fully saturated rings. The summed E-state index contributed by atoms with van der Waals surface area (Å²) in [6.07, 6.45) is 2.31. The quantitative estimate of drug-likeness (QED) is 0.873. The molecule has 24 heavy (non-hydrogen) atoms. The average molecular weight is 332 g/mol. The third-order valence-corrected chi connectivity index (χ3v) is 4.78. The number of para-hydroxylation sites is 1. The molecule has 2 aliphatic rings. The number of nitrogens with zero attached hydrogens (tertiary/aromatic N) is 1. The Morgan fingerprint density at radius 2 is 2.08 bits per heavy atom. The van der Waals surface area contributed by atoms with E-state index in [1.807, 2.05) is 31.2 Å². The minimum Gasteiger partial charge on any atom is -0.493 e. The van der Waals surface area contributed by atoms with Crippen LogP contribution in [-0.2, 0) is 4.79 Å². The first kappa shape index (κ1) is 16.6. The maximum atomic E-state index is 12.7. The number of ether oxygens (including phenoxy) is 1. The Kier molecular flexibility index (Phi) is 4.92. The number of amides is 2. The van der Waals surface area contributed by atoms with Gasteiger partial charge in [0.1, 0.15) is 5.75 Å². The first-order valence-electron chi connectivity index (χ1n) is 8.54. The first-order chi connectivity index (χ1) is 11.5. The maximum Gasteiger partial charge on any atom is 0.317 e. The summed E-state index contributed by atoms with van der Waals surface area (Å²) >= 11 is 0. The van der Waals surface area contributed by atoms with E-state index in [2.05, 4.69) is 5.32 Å². The normalized spacial score (nSPS) is 26.7. The third kappa shape index (κ3) is 3.63. The van der Waals surface area contributed by atoms with E-state index in [1.54, 1.807) is 4.90 Å². The van der Waals surface area contributed by atoms with Crippen LogP contribution in [0, 0.1) is 11.8 Å². The minimum atomic E-state index is -0.826. The zero-order chi connectivity index (χ0) is 17.1. The molecule has 3 atom stereocenters. The van der Waals surface area contributed by atoms with Crippen LogP contribution in [0.4, 0.5) is 4.79 Å². The van der Waals surface area contributed by atoms with Crippen LogP contribution >= 0.6 is 0 Å². The summed E-state index contributed by atoms with van der Waals surface area (Å²) in [4.78, 5) is 25.6. The summed E-state index contributed by atoms with van der Waals surface area (Å²) in [5.74, 6) is -0.303. The largest absolute Gasteiger partial charge is 0.493 e. The molecule has 2 N–H and O–H groups in total. The number of benzene rings is 1. The van der Waals surface area contributed by atoms with Crippen molar-refractivity contribution < 1.29 is 19.4 Å². The summed E-state index contributed by atoms with van der Waals surface area (Å²) in [5.41, 5.74) is 0.989. The van der Waals surface area contributed by atoms with Gasteiger partial charge in [0, 0.05) is 18.7 Å². The van der Waals surface area contributed by atoms with Gasteiger partial charge in [-0.25, -0.2) is 4.79 Å². The molecule has 130 valence electrons. The Bertz CT molecular complexity index is 619. The highest BCUT2D eigenvalue weighted by atomic mass is 16.5. The molecule has 2 amide bonds. The Balaban J connectivity index is 1.71. The van der Waals surface area contributed by atoms with Crippen LogP contribution in [-0.4, -0.2) is 41.7 Å². The number of nitrogens with one attached hydrogen (secondary N) is 1. The molecule has 6 nitrogen and oxygen atoms in total. The van der Waals surface area contributed by atoms with Gasteiger partial charge in [0.15, 0.2) is 0 Å². The second-order valence-corrected chi connectivity index (χ2v) is 6.81. The van der Waals surface area contributed by atoms with Crippen molar-refractivity contribution in [2.45, 2.75) is 32.2 Å². The van der Waals surface area contributed by atoms with Crippen molar-refractivity contribution >= 4 is 12.0 Å². The van der Waals surface area contributed by atoms with Crippen molar-refractivity contribution in [2.24, 2.45) is 11.8 Å². The molecule has 6 heteroatoms. The number of hydrogen-bond acceptors (Lipinski definition) is 3. The smallest absolute Gasteiger partial charge is 0.317 e. The Labute approximate surface area is 141 Å². The minimum absolute atomic E-state index is 0.100. The highest BCUT2D eigenvalue weighted by molar-refractivity contribution is 5.77. The number of carboxylic acids is 1. The van der Waals surface area contributed by atoms with E-state index in [9.17, 15) is 14.7 Å². The van der Waals surface area contributed by atoms with E-state index in [1.165, 1.54) is 0 Å². The van der Waals surface area contributed by atoms with Crippen LogP contribution in [0.5, 0.6) is 5.75 Å². The first-order valence-corrected chi connectivity index (χ1v) is 8.54. The number of carbonyl (C=O) groups is 2. The van der Waals surface area contributed by atoms with Crippen molar-refractivity contribution in [1.82, 2.24) is 10.2 Å². The molecule has 3 rings (SSSR count). The Hall–Kier alpha value is -2.24. The van der Waals surface area contributed by atoms with Crippen LogP contribution < -0.4 is 10.1 Å². The fourth-order valence-electron chi connectivity index (χ4n) is 3.61. The zero-order valence-corrected chi connectivity index (χ0v) is 13.9. The molecule has 0 spiro atoms. The van der Waals surface area contributed by atoms with Crippen molar-refractivity contribution in [1.29, 1.82) is 0 Å². The average Bonchev–Trinajstić information content (AvgIpc) is 2.77. The van der Waals surface area contributed by atoms with Crippen molar-refractivity contribution in [3.63, 3.8) is 0 Å². The number of hydrogen-bond donors (Lipinski definition) is 2. The van der Waals surface area contributed by atoms with Gasteiger partial charge >= 0.3 is 12.0 Å². The van der Waals surface area contributed by atoms with E-state index in [0.717, 1.165) is 24.2 Å². The van der Waals surface area contributed by atoms with E-state index < -0.39 is 11.9 Å². The number of piperidine rings is 1. The van der Waals surface area contributed by atoms with Gasteiger partial charge in [-0.3, -0.25) is 4.79 Å². The number of urea groups is 1. The Morgan fingerprint density at radius 3 is 2.88 bits per heavy atom. The van der Waals surface area contributed by atoms with Crippen LogP contribution in [0.2, 0.25) is 0 Å². The highest BCUT2D eigenvalue weighted by Crippen LogP contribution is 2.31. The summed E-state index contributed by atoms with van der Waals surface area (Å²) < 4.78 is 5.73. The number of aliphatic carboxylic acids is 1. The molecule has 0 aliphatic carbocycles. The molecule has 1 saturated heterocycles. The fourth-order valence-corrected chi connectivity index (χ4v) is 3.61. The maximum absolute atomic E-state index is 12.7. The van der Waals surface area contributed by atoms with Crippen LogP contribution in [0.3, 0.4) is 0 Å². The highest BCUT2D eigenvalue weighted by Gasteiger charge is 2.33. The number of fused-ring (bicyclic) bond motifs is 1. The molecular formula is C18H24N2O4. The van der Waals surface area contributed by atoms with E-state index in [0.29, 0.717) is 19.6 Å². The van der Waals surface area contributed by atoms with Crippen molar-refractivity contribution in [2.75, 3.05) is 19.7 Å². The van der Waals surface area contributed by atoms with Gasteiger partial charge in [0.25, 0.3) is 0 Å². The summed E-state index contributed by atoms with van der Waals surface area (Å²) in [6.45, 7) is 3.51. The lowest BCUT2D eigenvalue weighted by Gasteiger charge is -2.35. The molecule has 1 aromatic rings. The molecule has 1 aromatic carbocycles. The molecule has 0 aromatic heterocycles. The summed E-state index contributed by atoms with van der Waals surface area (Å²) in [7, 11) is 0. The molecule has 0 bridgehead atoms. The van der Waals surface area contributed by atoms with Gasteiger partial charge in [-0.15, -0.1) is 0 Å². The van der Waals surface area contributed by atoms with Gasteiger partial charge in [-0.2, -0.15) is 0 Å². The van der Waals surface area contributed by atoms with Crippen molar-refractivity contribution in [3.8, 4) is 5.75 Å². The number of carboxylic acid groups (broad SMARTS) is 1. The van der Waals surface area contributed by atoms with Crippen LogP contribution in [0.25, 0.3) is 0 Å². The molecule has 0 saturated carbocycles. The topological polar surface area (TPSA) is 78.9 Å². The predicted molar refractivity (Wildman–Crippen MR) is 88.9 cm³/mol. The standard InChI is InChI=1S/C18H24N2O4/c1-12-9-13(17(21)22)11-20(10-12)18(23)19-15-6-4-8-24-16-7-3-2-5-14(15)16/h2-3,5,7,12-13,15H,4,6,8-11H2,1H3,(H,19,23)(H,21,22). The monoisotopic (exact) mass is 332 g/mol. The van der Waals surface area contributed by atoms with Gasteiger partial charge in [0.2, 0.25) is 0 Å². The SMILES string of the molecule is CC1CC(C(=O)O)CN(C(=O)NC2CCCOc3ccccc32)C1. The molecular weight excluding hydrogens is 308 g/mol. The molecule has 2 heterocycles. The predicted octanol–water partition coefficient (Wildman–Crippen LogP) is 2.65. The van der Waals surface area contributed by atoms with Gasteiger partial charge in [0.05, 0.1) is 18.6 Å². The number of rotatable bonds is 2. The number of likely N-dealkylation sites (tertiary alicyclic amines) is 1. The van der Waals surface area contributed by atoms with E-state index in [-0.39, 0.29) is 24.5 Å². The van der Waals surface area contributed by atoms with Gasteiger partial charge in [-0.1, -0.05) is 25.1 Å². The molecule has 3 unspecified atom stereocenters. The molecule has 2 aliphatic heterocycles. The van der Waals surface area contributed by atoms with Gasteiger partial charge < -0.3 is 20.1 Å². The van der Waals surface area contributed by atoms with Crippen LogP contribution in [0.1, 0.15) is 37.8 Å². The second kappa shape index (κ2) is 7.11. The van der Waals surface area contributed by atoms with E-state index in [4.69, 9.17) is 4.74 Å².